The average Bonchev–Trinajstić information content (AvgIpc) is 2.68. The number of thioether (sulfide) groups is 1. The van der Waals surface area contributed by atoms with Crippen LogP contribution in [0.1, 0.15) is 5.69 Å². The maximum atomic E-state index is 12.4. The van der Waals surface area contributed by atoms with Gasteiger partial charge in [0, 0.05) is 26.3 Å². The molecule has 0 spiro atoms. The summed E-state index contributed by atoms with van der Waals surface area (Å²) in [4.78, 5) is 32.0. The molecule has 3 rings (SSSR count). The first-order chi connectivity index (χ1) is 13.8. The molecular weight excluding hydrogens is 524 g/mol. The molecule has 1 heterocycles. The largest absolute Gasteiger partial charge is 0.319 e. The molecule has 2 aromatic carbocycles. The molecule has 1 aromatic heterocycles. The Labute approximate surface area is 187 Å². The van der Waals surface area contributed by atoms with Crippen LogP contribution in [0.25, 0.3) is 11.3 Å². The summed E-state index contributed by atoms with van der Waals surface area (Å²) in [6, 6.07) is 14.5. The lowest BCUT2D eigenvalue weighted by Gasteiger charge is -2.09. The normalized spacial score (nSPS) is 10.6. The number of hydrogen-bond acceptors (Lipinski definition) is 6. The van der Waals surface area contributed by atoms with Crippen molar-refractivity contribution in [1.29, 1.82) is 0 Å². The number of halogens is 2. The third-order valence-corrected chi connectivity index (χ3v) is 5.66. The molecule has 0 fully saturated rings. The zero-order valence-corrected chi connectivity index (χ0v) is 19.0. The minimum atomic E-state index is -0.548. The molecule has 3 aromatic rings. The third-order valence-electron chi connectivity index (χ3n) is 3.73. The van der Waals surface area contributed by atoms with Gasteiger partial charge in [-0.25, -0.2) is 9.97 Å². The van der Waals surface area contributed by atoms with Crippen molar-refractivity contribution in [2.75, 3.05) is 11.1 Å². The molecule has 0 unspecified atom stereocenters. The van der Waals surface area contributed by atoms with Gasteiger partial charge in [0.1, 0.15) is 5.69 Å². The summed E-state index contributed by atoms with van der Waals surface area (Å²) in [5, 5.41) is 14.3. The van der Waals surface area contributed by atoms with Gasteiger partial charge in [0.05, 0.1) is 16.4 Å². The van der Waals surface area contributed by atoms with Gasteiger partial charge in [-0.15, -0.1) is 0 Å². The highest BCUT2D eigenvalue weighted by atomic mass is 79.9. The molecule has 0 bridgehead atoms. The van der Waals surface area contributed by atoms with Crippen LogP contribution in [-0.2, 0) is 4.79 Å². The van der Waals surface area contributed by atoms with Gasteiger partial charge in [0.2, 0.25) is 5.91 Å². The third kappa shape index (κ3) is 5.62. The van der Waals surface area contributed by atoms with Gasteiger partial charge in [-0.05, 0) is 35.0 Å². The number of benzene rings is 2. The summed E-state index contributed by atoms with van der Waals surface area (Å²) in [6.07, 6.45) is 0. The molecule has 0 saturated heterocycles. The lowest BCUT2D eigenvalue weighted by atomic mass is 10.1. The Morgan fingerprint density at radius 1 is 1.17 bits per heavy atom. The van der Waals surface area contributed by atoms with E-state index in [9.17, 15) is 14.9 Å². The number of aromatic nitrogens is 2. The van der Waals surface area contributed by atoms with E-state index in [4.69, 9.17) is 0 Å². The SMILES string of the molecule is Cc1cc(-c2ccccc2)nc(SCC(=O)Nc2c(Br)cc(Br)cc2[N+](=O)[O-])n1. The van der Waals surface area contributed by atoms with Crippen LogP contribution >= 0.6 is 43.6 Å². The number of nitrogens with one attached hydrogen (secondary N) is 1. The van der Waals surface area contributed by atoms with Crippen molar-refractivity contribution in [3.8, 4) is 11.3 Å². The quantitative estimate of drug-likeness (QED) is 0.190. The first-order valence-corrected chi connectivity index (χ1v) is 10.9. The van der Waals surface area contributed by atoms with Crippen LogP contribution in [0, 0.1) is 17.0 Å². The Kier molecular flexibility index (Phi) is 6.99. The fourth-order valence-electron chi connectivity index (χ4n) is 2.50. The van der Waals surface area contributed by atoms with Gasteiger partial charge >= 0.3 is 0 Å². The van der Waals surface area contributed by atoms with Crippen molar-refractivity contribution in [2.24, 2.45) is 0 Å². The first kappa shape index (κ1) is 21.4. The number of carbonyl (C=O) groups excluding carboxylic acids is 1. The van der Waals surface area contributed by atoms with Crippen molar-refractivity contribution in [1.82, 2.24) is 9.97 Å². The van der Waals surface area contributed by atoms with Crippen LogP contribution in [0.15, 0.2) is 62.6 Å². The predicted octanol–water partition coefficient (Wildman–Crippen LogP) is 5.62. The fourth-order valence-corrected chi connectivity index (χ4v) is 4.50. The van der Waals surface area contributed by atoms with E-state index in [2.05, 4.69) is 47.1 Å². The Bertz CT molecular complexity index is 1080. The van der Waals surface area contributed by atoms with Crippen molar-refractivity contribution in [2.45, 2.75) is 12.1 Å². The van der Waals surface area contributed by atoms with Crippen LogP contribution in [0.4, 0.5) is 11.4 Å². The predicted molar refractivity (Wildman–Crippen MR) is 120 cm³/mol. The zero-order chi connectivity index (χ0) is 21.0. The maximum Gasteiger partial charge on any atom is 0.295 e. The Balaban J connectivity index is 1.74. The molecule has 10 heteroatoms. The van der Waals surface area contributed by atoms with E-state index in [1.54, 1.807) is 6.07 Å². The highest BCUT2D eigenvalue weighted by Gasteiger charge is 2.20. The molecule has 1 amide bonds. The molecule has 0 saturated carbocycles. The Morgan fingerprint density at radius 3 is 2.59 bits per heavy atom. The van der Waals surface area contributed by atoms with E-state index in [1.165, 1.54) is 17.8 Å². The number of rotatable bonds is 6. The molecule has 0 aliphatic carbocycles. The number of nitro groups is 1. The second kappa shape index (κ2) is 9.47. The highest BCUT2D eigenvalue weighted by Crippen LogP contribution is 2.36. The minimum Gasteiger partial charge on any atom is -0.319 e. The molecule has 148 valence electrons. The highest BCUT2D eigenvalue weighted by molar-refractivity contribution is 9.11. The molecule has 7 nitrogen and oxygen atoms in total. The van der Waals surface area contributed by atoms with Crippen LogP contribution in [0.2, 0.25) is 0 Å². The maximum absolute atomic E-state index is 12.4. The number of amides is 1. The van der Waals surface area contributed by atoms with E-state index in [-0.39, 0.29) is 17.1 Å². The summed E-state index contributed by atoms with van der Waals surface area (Å²) in [6.45, 7) is 1.86. The fraction of sp³-hybridized carbons (Fsp3) is 0.105. The molecule has 0 aliphatic rings. The van der Waals surface area contributed by atoms with Crippen LogP contribution in [0.5, 0.6) is 0 Å². The lowest BCUT2D eigenvalue weighted by molar-refractivity contribution is -0.384. The average molecular weight is 538 g/mol. The van der Waals surface area contributed by atoms with Crippen LogP contribution < -0.4 is 5.32 Å². The Hall–Kier alpha value is -2.30. The summed E-state index contributed by atoms with van der Waals surface area (Å²) in [7, 11) is 0. The van der Waals surface area contributed by atoms with Crippen molar-refractivity contribution >= 4 is 60.9 Å². The summed E-state index contributed by atoms with van der Waals surface area (Å²) < 4.78 is 0.945. The number of nitro benzene ring substituents is 1. The van der Waals surface area contributed by atoms with E-state index < -0.39 is 10.8 Å². The van der Waals surface area contributed by atoms with E-state index in [0.29, 0.717) is 14.1 Å². The van der Waals surface area contributed by atoms with Crippen LogP contribution in [0.3, 0.4) is 0 Å². The number of hydrogen-bond donors (Lipinski definition) is 1. The second-order valence-electron chi connectivity index (χ2n) is 5.92. The standard InChI is InChI=1S/C19H14Br2N4O3S/c1-11-7-15(12-5-3-2-4-6-12)23-19(22-11)29-10-17(26)24-18-14(21)8-13(20)9-16(18)25(27)28/h2-9H,10H2,1H3,(H,24,26). The van der Waals surface area contributed by atoms with Crippen molar-refractivity contribution in [3.63, 3.8) is 0 Å². The summed E-state index contributed by atoms with van der Waals surface area (Å²) in [5.41, 5.74) is 2.42. The Morgan fingerprint density at radius 2 is 1.90 bits per heavy atom. The number of carbonyl (C=O) groups is 1. The van der Waals surface area contributed by atoms with Crippen molar-refractivity contribution in [3.05, 3.63) is 73.3 Å². The van der Waals surface area contributed by atoms with Gasteiger partial charge in [0.15, 0.2) is 5.16 Å². The van der Waals surface area contributed by atoms with Gasteiger partial charge < -0.3 is 5.32 Å². The molecule has 1 N–H and O–H groups in total. The van der Waals surface area contributed by atoms with Crippen molar-refractivity contribution < 1.29 is 9.72 Å². The summed E-state index contributed by atoms with van der Waals surface area (Å²) in [5.74, 6) is -0.385. The molecular formula is C19H14Br2N4O3S. The van der Waals surface area contributed by atoms with Gasteiger partial charge in [-0.1, -0.05) is 58.0 Å². The van der Waals surface area contributed by atoms with E-state index >= 15 is 0 Å². The second-order valence-corrected chi connectivity index (χ2v) is 8.63. The number of nitrogens with zero attached hydrogens (tertiary/aromatic N) is 3. The molecule has 0 aliphatic heterocycles. The molecule has 29 heavy (non-hydrogen) atoms. The smallest absolute Gasteiger partial charge is 0.295 e. The van der Waals surface area contributed by atoms with Gasteiger partial charge in [-0.2, -0.15) is 0 Å². The summed E-state index contributed by atoms with van der Waals surface area (Å²) >= 11 is 7.63. The van der Waals surface area contributed by atoms with Gasteiger partial charge in [0.25, 0.3) is 5.69 Å². The van der Waals surface area contributed by atoms with E-state index in [1.807, 2.05) is 43.3 Å². The topological polar surface area (TPSA) is 98.0 Å². The minimum absolute atomic E-state index is 0.0113. The number of aryl methyl sites for hydroxylation is 1. The molecule has 0 radical (unpaired) electrons. The monoisotopic (exact) mass is 536 g/mol. The first-order valence-electron chi connectivity index (χ1n) is 8.30. The molecule has 0 atom stereocenters. The zero-order valence-electron chi connectivity index (χ0n) is 15.1. The van der Waals surface area contributed by atoms with Gasteiger partial charge in [-0.3, -0.25) is 14.9 Å². The lowest BCUT2D eigenvalue weighted by Crippen LogP contribution is -2.16. The van der Waals surface area contributed by atoms with E-state index in [0.717, 1.165) is 17.0 Å². The number of anilines is 1. The van der Waals surface area contributed by atoms with Crippen LogP contribution in [-0.4, -0.2) is 26.6 Å².